The normalized spacial score (nSPS) is 10.2. The van der Waals surface area contributed by atoms with Crippen LogP contribution in [0.25, 0.3) is 10.9 Å². The van der Waals surface area contributed by atoms with Gasteiger partial charge in [0.05, 0.1) is 5.52 Å². The van der Waals surface area contributed by atoms with E-state index in [1.54, 1.807) is 0 Å². The third kappa shape index (κ3) is 1.12. The van der Waals surface area contributed by atoms with Crippen molar-refractivity contribution in [1.29, 1.82) is 5.26 Å². The van der Waals surface area contributed by atoms with Gasteiger partial charge in [0.2, 0.25) is 0 Å². The van der Waals surface area contributed by atoms with Crippen molar-refractivity contribution in [3.63, 3.8) is 0 Å². The highest BCUT2D eigenvalue weighted by Gasteiger charge is 2.07. The van der Waals surface area contributed by atoms with E-state index in [1.165, 1.54) is 0 Å². The summed E-state index contributed by atoms with van der Waals surface area (Å²) in [5.74, 6) is 0. The van der Waals surface area contributed by atoms with Crippen molar-refractivity contribution in [1.82, 2.24) is 10.2 Å². The standard InChI is InChI=1S/C9H6BrN3/c1-5-7(10)3-2-6-8(4-11)12-13-9(5)6/h2-3H,1H3,(H,12,13). The molecule has 0 atom stereocenters. The number of rotatable bonds is 0. The minimum Gasteiger partial charge on any atom is -0.276 e. The molecule has 13 heavy (non-hydrogen) atoms. The molecule has 2 aromatic rings. The average Bonchev–Trinajstić information content (AvgIpc) is 2.55. The maximum Gasteiger partial charge on any atom is 0.170 e. The highest BCUT2D eigenvalue weighted by Crippen LogP contribution is 2.25. The summed E-state index contributed by atoms with van der Waals surface area (Å²) >= 11 is 3.42. The van der Waals surface area contributed by atoms with Crippen LogP contribution in [0.3, 0.4) is 0 Å². The number of nitrogens with one attached hydrogen (secondary N) is 1. The molecule has 1 aromatic heterocycles. The van der Waals surface area contributed by atoms with Crippen molar-refractivity contribution < 1.29 is 0 Å². The van der Waals surface area contributed by atoms with E-state index in [9.17, 15) is 0 Å². The molecule has 0 radical (unpaired) electrons. The van der Waals surface area contributed by atoms with Crippen molar-refractivity contribution in [2.24, 2.45) is 0 Å². The Hall–Kier alpha value is -1.34. The minimum atomic E-state index is 0.450. The fourth-order valence-corrected chi connectivity index (χ4v) is 1.62. The lowest BCUT2D eigenvalue weighted by Gasteiger charge is -1.97. The first-order valence-electron chi connectivity index (χ1n) is 3.77. The Labute approximate surface area is 83.5 Å². The van der Waals surface area contributed by atoms with Gasteiger partial charge in [-0.15, -0.1) is 0 Å². The molecule has 0 aliphatic carbocycles. The molecular formula is C9H6BrN3. The number of hydrogen-bond donors (Lipinski definition) is 1. The Morgan fingerprint density at radius 3 is 3.00 bits per heavy atom. The molecule has 0 fully saturated rings. The molecule has 3 nitrogen and oxygen atoms in total. The van der Waals surface area contributed by atoms with Crippen LogP contribution in [0.15, 0.2) is 16.6 Å². The quantitative estimate of drug-likeness (QED) is 0.763. The Morgan fingerprint density at radius 2 is 2.31 bits per heavy atom. The third-order valence-corrected chi connectivity index (χ3v) is 2.90. The second-order valence-corrected chi connectivity index (χ2v) is 3.63. The van der Waals surface area contributed by atoms with E-state index < -0.39 is 0 Å². The van der Waals surface area contributed by atoms with Crippen LogP contribution in [0, 0.1) is 18.3 Å². The van der Waals surface area contributed by atoms with Gasteiger partial charge in [0.1, 0.15) is 6.07 Å². The van der Waals surface area contributed by atoms with Crippen molar-refractivity contribution in [3.8, 4) is 6.07 Å². The van der Waals surface area contributed by atoms with Gasteiger partial charge in [0, 0.05) is 9.86 Å². The SMILES string of the molecule is Cc1c(Br)ccc2c(C#N)n[nH]c12. The molecule has 64 valence electrons. The highest BCUT2D eigenvalue weighted by atomic mass is 79.9. The van der Waals surface area contributed by atoms with Gasteiger partial charge in [-0.25, -0.2) is 0 Å². The van der Waals surface area contributed by atoms with E-state index in [1.807, 2.05) is 25.1 Å². The van der Waals surface area contributed by atoms with Gasteiger partial charge in [-0.05, 0) is 24.6 Å². The molecule has 0 saturated heterocycles. The number of aromatic nitrogens is 2. The third-order valence-electron chi connectivity index (χ3n) is 2.04. The molecule has 1 N–H and O–H groups in total. The zero-order valence-corrected chi connectivity index (χ0v) is 8.51. The highest BCUT2D eigenvalue weighted by molar-refractivity contribution is 9.10. The van der Waals surface area contributed by atoms with Gasteiger partial charge in [-0.1, -0.05) is 15.9 Å². The zero-order valence-electron chi connectivity index (χ0n) is 6.93. The Kier molecular flexibility index (Phi) is 1.82. The molecule has 0 bridgehead atoms. The summed E-state index contributed by atoms with van der Waals surface area (Å²) < 4.78 is 1.02. The number of H-pyrrole nitrogens is 1. The van der Waals surface area contributed by atoms with Crippen LogP contribution >= 0.6 is 15.9 Å². The number of aryl methyl sites for hydroxylation is 1. The van der Waals surface area contributed by atoms with E-state index in [0.717, 1.165) is 20.9 Å². The predicted molar refractivity (Wildman–Crippen MR) is 53.2 cm³/mol. The molecule has 2 rings (SSSR count). The Balaban J connectivity index is 2.91. The number of nitriles is 1. The fraction of sp³-hybridized carbons (Fsp3) is 0.111. The molecule has 0 aliphatic rings. The van der Waals surface area contributed by atoms with Crippen molar-refractivity contribution >= 4 is 26.8 Å². The molecule has 1 heterocycles. The summed E-state index contributed by atoms with van der Waals surface area (Å²) in [5.41, 5.74) is 2.45. The Bertz CT molecular complexity index is 507. The molecule has 0 unspecified atom stereocenters. The number of fused-ring (bicyclic) bond motifs is 1. The number of hydrogen-bond acceptors (Lipinski definition) is 2. The van der Waals surface area contributed by atoms with Gasteiger partial charge in [-0.3, -0.25) is 5.10 Å². The van der Waals surface area contributed by atoms with E-state index in [4.69, 9.17) is 5.26 Å². The van der Waals surface area contributed by atoms with Crippen LogP contribution in [-0.2, 0) is 0 Å². The van der Waals surface area contributed by atoms with Crippen LogP contribution in [0.1, 0.15) is 11.3 Å². The number of benzene rings is 1. The fourth-order valence-electron chi connectivity index (χ4n) is 1.28. The van der Waals surface area contributed by atoms with Crippen molar-refractivity contribution in [2.75, 3.05) is 0 Å². The van der Waals surface area contributed by atoms with Crippen molar-refractivity contribution in [2.45, 2.75) is 6.92 Å². The summed E-state index contributed by atoms with van der Waals surface area (Å²) in [5, 5.41) is 16.4. The number of halogens is 1. The molecular weight excluding hydrogens is 230 g/mol. The van der Waals surface area contributed by atoms with Gasteiger partial charge < -0.3 is 0 Å². The van der Waals surface area contributed by atoms with Gasteiger partial charge in [0.25, 0.3) is 0 Å². The monoisotopic (exact) mass is 235 g/mol. The summed E-state index contributed by atoms with van der Waals surface area (Å²) in [6.07, 6.45) is 0. The van der Waals surface area contributed by atoms with Gasteiger partial charge >= 0.3 is 0 Å². The molecule has 0 saturated carbocycles. The summed E-state index contributed by atoms with van der Waals surface area (Å²) in [6, 6.07) is 5.85. The maximum atomic E-state index is 8.74. The summed E-state index contributed by atoms with van der Waals surface area (Å²) in [6.45, 7) is 1.98. The summed E-state index contributed by atoms with van der Waals surface area (Å²) in [4.78, 5) is 0. The molecule has 0 spiro atoms. The van der Waals surface area contributed by atoms with Crippen LogP contribution in [0.5, 0.6) is 0 Å². The van der Waals surface area contributed by atoms with Crippen LogP contribution < -0.4 is 0 Å². The summed E-state index contributed by atoms with van der Waals surface area (Å²) in [7, 11) is 0. The first-order chi connectivity index (χ1) is 6.24. The van der Waals surface area contributed by atoms with Crippen LogP contribution in [0.4, 0.5) is 0 Å². The lowest BCUT2D eigenvalue weighted by atomic mass is 10.1. The first-order valence-corrected chi connectivity index (χ1v) is 4.56. The van der Waals surface area contributed by atoms with E-state index in [-0.39, 0.29) is 0 Å². The van der Waals surface area contributed by atoms with E-state index >= 15 is 0 Å². The topological polar surface area (TPSA) is 52.5 Å². The molecule has 0 aliphatic heterocycles. The molecule has 0 amide bonds. The van der Waals surface area contributed by atoms with E-state index in [0.29, 0.717) is 5.69 Å². The van der Waals surface area contributed by atoms with Gasteiger partial charge in [-0.2, -0.15) is 10.4 Å². The first kappa shape index (κ1) is 8.27. The minimum absolute atomic E-state index is 0.450. The second-order valence-electron chi connectivity index (χ2n) is 2.78. The lowest BCUT2D eigenvalue weighted by molar-refractivity contribution is 1.09. The smallest absolute Gasteiger partial charge is 0.170 e. The van der Waals surface area contributed by atoms with Crippen LogP contribution in [-0.4, -0.2) is 10.2 Å². The zero-order chi connectivity index (χ0) is 9.42. The van der Waals surface area contributed by atoms with E-state index in [2.05, 4.69) is 26.1 Å². The maximum absolute atomic E-state index is 8.74. The number of aromatic amines is 1. The largest absolute Gasteiger partial charge is 0.276 e. The second kappa shape index (κ2) is 2.86. The predicted octanol–water partition coefficient (Wildman–Crippen LogP) is 2.51. The lowest BCUT2D eigenvalue weighted by Crippen LogP contribution is -1.78. The average molecular weight is 236 g/mol. The Morgan fingerprint density at radius 1 is 1.54 bits per heavy atom. The van der Waals surface area contributed by atoms with Crippen molar-refractivity contribution in [3.05, 3.63) is 27.9 Å². The van der Waals surface area contributed by atoms with Gasteiger partial charge in [0.15, 0.2) is 5.69 Å². The van der Waals surface area contributed by atoms with Crippen LogP contribution in [0.2, 0.25) is 0 Å². The molecule has 1 aromatic carbocycles. The molecule has 4 heteroatoms. The number of nitrogens with zero attached hydrogens (tertiary/aromatic N) is 2.